The molecular formula is C18H17FN2O2. The number of amides is 1. The molecule has 4 nitrogen and oxygen atoms in total. The van der Waals surface area contributed by atoms with Gasteiger partial charge in [-0.1, -0.05) is 6.07 Å². The number of ether oxygens (including phenoxy) is 1. The fourth-order valence-corrected chi connectivity index (χ4v) is 2.65. The van der Waals surface area contributed by atoms with Crippen molar-refractivity contribution in [2.24, 2.45) is 5.10 Å². The van der Waals surface area contributed by atoms with Crippen LogP contribution in [0.1, 0.15) is 27.9 Å². The van der Waals surface area contributed by atoms with E-state index in [0.717, 1.165) is 22.6 Å². The van der Waals surface area contributed by atoms with Gasteiger partial charge in [-0.25, -0.2) is 9.40 Å². The second-order valence-corrected chi connectivity index (χ2v) is 5.42. The molecule has 0 aliphatic carbocycles. The quantitative estimate of drug-likeness (QED) is 0.872. The van der Waals surface area contributed by atoms with Gasteiger partial charge in [0.1, 0.15) is 11.6 Å². The van der Waals surface area contributed by atoms with Crippen LogP contribution in [-0.2, 0) is 0 Å². The summed E-state index contributed by atoms with van der Waals surface area (Å²) in [6.45, 7) is 2.48. The van der Waals surface area contributed by atoms with Crippen LogP contribution >= 0.6 is 0 Å². The molecule has 23 heavy (non-hydrogen) atoms. The van der Waals surface area contributed by atoms with Crippen LogP contribution in [0.3, 0.4) is 0 Å². The average Bonchev–Trinajstić information content (AvgIpc) is 3.03. The first-order chi connectivity index (χ1) is 11.1. The minimum Gasteiger partial charge on any atom is -0.497 e. The molecule has 0 atom stereocenters. The Bertz CT molecular complexity index is 786. The van der Waals surface area contributed by atoms with Crippen LogP contribution in [0.5, 0.6) is 5.75 Å². The third-order valence-corrected chi connectivity index (χ3v) is 3.85. The lowest BCUT2D eigenvalue weighted by atomic mass is 10.0. The third kappa shape index (κ3) is 3.08. The molecule has 0 aromatic heterocycles. The molecule has 0 unspecified atom stereocenters. The highest BCUT2D eigenvalue weighted by atomic mass is 19.1. The van der Waals surface area contributed by atoms with E-state index in [-0.39, 0.29) is 5.91 Å². The number of rotatable bonds is 3. The van der Waals surface area contributed by atoms with E-state index < -0.39 is 5.82 Å². The summed E-state index contributed by atoms with van der Waals surface area (Å²) in [6.07, 6.45) is 0.675. The summed E-state index contributed by atoms with van der Waals surface area (Å²) >= 11 is 0. The van der Waals surface area contributed by atoms with Crippen molar-refractivity contribution in [2.75, 3.05) is 13.7 Å². The fourth-order valence-electron chi connectivity index (χ4n) is 2.65. The van der Waals surface area contributed by atoms with Crippen LogP contribution in [-0.4, -0.2) is 30.3 Å². The minimum absolute atomic E-state index is 0.286. The number of methoxy groups -OCH3 is 1. The van der Waals surface area contributed by atoms with E-state index in [1.807, 2.05) is 25.1 Å². The van der Waals surface area contributed by atoms with Crippen molar-refractivity contribution in [3.63, 3.8) is 0 Å². The number of hydrogen-bond donors (Lipinski definition) is 0. The molecule has 2 aromatic rings. The van der Waals surface area contributed by atoms with Crippen LogP contribution < -0.4 is 4.74 Å². The zero-order valence-electron chi connectivity index (χ0n) is 13.0. The van der Waals surface area contributed by atoms with Gasteiger partial charge in [0, 0.05) is 17.5 Å². The Morgan fingerprint density at radius 3 is 2.78 bits per heavy atom. The molecule has 2 aromatic carbocycles. The summed E-state index contributed by atoms with van der Waals surface area (Å²) in [5.74, 6) is 0.0773. The molecule has 0 saturated carbocycles. The van der Waals surface area contributed by atoms with E-state index >= 15 is 0 Å². The number of carbonyl (C=O) groups is 1. The molecule has 118 valence electrons. The summed E-state index contributed by atoms with van der Waals surface area (Å²) in [5.41, 5.74) is 3.21. The van der Waals surface area contributed by atoms with Gasteiger partial charge in [-0.3, -0.25) is 4.79 Å². The third-order valence-electron chi connectivity index (χ3n) is 3.85. The molecule has 0 spiro atoms. The van der Waals surface area contributed by atoms with Gasteiger partial charge in [0.25, 0.3) is 5.91 Å². The predicted molar refractivity (Wildman–Crippen MR) is 86.3 cm³/mol. The molecule has 0 fully saturated rings. The van der Waals surface area contributed by atoms with Gasteiger partial charge in [0.05, 0.1) is 19.4 Å². The van der Waals surface area contributed by atoms with Crippen LogP contribution in [0.2, 0.25) is 0 Å². The van der Waals surface area contributed by atoms with Gasteiger partial charge in [0.15, 0.2) is 0 Å². The number of nitrogens with zero attached hydrogens (tertiary/aromatic N) is 2. The minimum atomic E-state index is -0.426. The van der Waals surface area contributed by atoms with Gasteiger partial charge in [-0.05, 0) is 48.9 Å². The van der Waals surface area contributed by atoms with Gasteiger partial charge in [-0.15, -0.1) is 0 Å². The Morgan fingerprint density at radius 1 is 1.26 bits per heavy atom. The Kier molecular flexibility index (Phi) is 4.10. The van der Waals surface area contributed by atoms with Crippen molar-refractivity contribution in [3.05, 3.63) is 65.0 Å². The molecular weight excluding hydrogens is 295 g/mol. The zero-order chi connectivity index (χ0) is 16.4. The molecule has 0 bridgehead atoms. The lowest BCUT2D eigenvalue weighted by Crippen LogP contribution is -2.23. The predicted octanol–water partition coefficient (Wildman–Crippen LogP) is 3.39. The molecule has 0 N–H and O–H groups in total. The van der Waals surface area contributed by atoms with Gasteiger partial charge < -0.3 is 4.74 Å². The zero-order valence-corrected chi connectivity index (χ0v) is 13.0. The van der Waals surface area contributed by atoms with Gasteiger partial charge in [0.2, 0.25) is 0 Å². The van der Waals surface area contributed by atoms with E-state index in [0.29, 0.717) is 18.5 Å². The van der Waals surface area contributed by atoms with Crippen molar-refractivity contribution < 1.29 is 13.9 Å². The van der Waals surface area contributed by atoms with Gasteiger partial charge in [-0.2, -0.15) is 5.10 Å². The smallest absolute Gasteiger partial charge is 0.274 e. The van der Waals surface area contributed by atoms with E-state index in [1.165, 1.54) is 23.2 Å². The number of halogens is 1. The lowest BCUT2D eigenvalue weighted by Gasteiger charge is -2.11. The Balaban J connectivity index is 1.85. The summed E-state index contributed by atoms with van der Waals surface area (Å²) in [6, 6.07) is 11.4. The number of hydrogen-bond acceptors (Lipinski definition) is 3. The highest BCUT2D eigenvalue weighted by Crippen LogP contribution is 2.22. The number of aryl methyl sites for hydroxylation is 1. The highest BCUT2D eigenvalue weighted by Gasteiger charge is 2.23. The van der Waals surface area contributed by atoms with Crippen LogP contribution in [0.15, 0.2) is 47.6 Å². The van der Waals surface area contributed by atoms with Crippen molar-refractivity contribution in [1.29, 1.82) is 0 Å². The van der Waals surface area contributed by atoms with Crippen LogP contribution in [0.25, 0.3) is 0 Å². The number of hydrazone groups is 1. The Labute approximate surface area is 134 Å². The molecule has 0 saturated heterocycles. The summed E-state index contributed by atoms with van der Waals surface area (Å²) in [7, 11) is 1.63. The first-order valence-corrected chi connectivity index (χ1v) is 7.38. The standard InChI is InChI=1S/C18H17FN2O2/c1-12-10-15(23-2)6-7-16(12)17-8-9-21(20-17)18(22)13-4-3-5-14(19)11-13/h3-7,10-11H,8-9H2,1-2H3. The SMILES string of the molecule is COc1ccc(C2=NN(C(=O)c3cccc(F)c3)CC2)c(C)c1. The molecule has 1 heterocycles. The van der Waals surface area contributed by atoms with Crippen molar-refractivity contribution in [3.8, 4) is 5.75 Å². The van der Waals surface area contributed by atoms with Crippen LogP contribution in [0, 0.1) is 12.7 Å². The normalized spacial score (nSPS) is 13.9. The largest absolute Gasteiger partial charge is 0.497 e. The van der Waals surface area contributed by atoms with E-state index in [4.69, 9.17) is 4.74 Å². The summed E-state index contributed by atoms with van der Waals surface area (Å²) in [4.78, 5) is 12.4. The molecule has 5 heteroatoms. The molecule has 1 aliphatic rings. The Morgan fingerprint density at radius 2 is 2.09 bits per heavy atom. The monoisotopic (exact) mass is 312 g/mol. The first-order valence-electron chi connectivity index (χ1n) is 7.38. The Hall–Kier alpha value is -2.69. The highest BCUT2D eigenvalue weighted by molar-refractivity contribution is 6.05. The maximum atomic E-state index is 13.3. The molecule has 1 amide bonds. The lowest BCUT2D eigenvalue weighted by molar-refractivity contribution is 0.0778. The molecule has 3 rings (SSSR count). The van der Waals surface area contributed by atoms with Crippen molar-refractivity contribution >= 4 is 11.6 Å². The van der Waals surface area contributed by atoms with E-state index in [9.17, 15) is 9.18 Å². The second kappa shape index (κ2) is 6.20. The van der Waals surface area contributed by atoms with Crippen molar-refractivity contribution in [2.45, 2.75) is 13.3 Å². The van der Waals surface area contributed by atoms with Crippen LogP contribution in [0.4, 0.5) is 4.39 Å². The molecule has 1 aliphatic heterocycles. The number of carbonyl (C=O) groups excluding carboxylic acids is 1. The number of benzene rings is 2. The fraction of sp³-hybridized carbons (Fsp3) is 0.222. The van der Waals surface area contributed by atoms with E-state index in [2.05, 4.69) is 5.10 Å². The average molecular weight is 312 g/mol. The van der Waals surface area contributed by atoms with Crippen molar-refractivity contribution in [1.82, 2.24) is 5.01 Å². The summed E-state index contributed by atoms with van der Waals surface area (Å²) < 4.78 is 18.5. The van der Waals surface area contributed by atoms with E-state index in [1.54, 1.807) is 13.2 Å². The topological polar surface area (TPSA) is 41.9 Å². The maximum absolute atomic E-state index is 13.3. The molecule has 0 radical (unpaired) electrons. The maximum Gasteiger partial charge on any atom is 0.274 e. The second-order valence-electron chi connectivity index (χ2n) is 5.42. The summed E-state index contributed by atoms with van der Waals surface area (Å²) in [5, 5.41) is 5.81. The van der Waals surface area contributed by atoms with Gasteiger partial charge >= 0.3 is 0 Å². The first kappa shape index (κ1) is 15.2.